The lowest BCUT2D eigenvalue weighted by atomic mass is 9.81. The van der Waals surface area contributed by atoms with Crippen LogP contribution in [0, 0.1) is 0 Å². The highest BCUT2D eigenvalue weighted by molar-refractivity contribution is 5.82. The Morgan fingerprint density at radius 1 is 1.19 bits per heavy atom. The second kappa shape index (κ2) is 6.18. The summed E-state index contributed by atoms with van der Waals surface area (Å²) in [4.78, 5) is 12.2. The fraction of sp³-hybridized carbons (Fsp3) is 0.611. The van der Waals surface area contributed by atoms with E-state index in [9.17, 15) is 4.79 Å². The first kappa shape index (κ1) is 16.0. The highest BCUT2D eigenvalue weighted by atomic mass is 16.2. The summed E-state index contributed by atoms with van der Waals surface area (Å²) in [5.41, 5.74) is 2.59. The van der Waals surface area contributed by atoms with Gasteiger partial charge in [-0.2, -0.15) is 0 Å². The van der Waals surface area contributed by atoms with Gasteiger partial charge in [-0.25, -0.2) is 0 Å². The van der Waals surface area contributed by atoms with Crippen LogP contribution in [0.1, 0.15) is 70.5 Å². The predicted molar refractivity (Wildman–Crippen MR) is 87.3 cm³/mol. The molecule has 1 aliphatic rings. The maximum absolute atomic E-state index is 12.2. The molecule has 1 aromatic rings. The molecule has 116 valence electrons. The van der Waals surface area contributed by atoms with Crippen molar-refractivity contribution < 1.29 is 4.79 Å². The van der Waals surface area contributed by atoms with Gasteiger partial charge in [0.2, 0.25) is 5.91 Å². The summed E-state index contributed by atoms with van der Waals surface area (Å²) in [7, 11) is 0. The molecule has 0 radical (unpaired) electrons. The van der Waals surface area contributed by atoms with E-state index in [1.54, 1.807) is 0 Å². The number of benzene rings is 1. The number of carbonyl (C=O) groups excluding carboxylic acids is 1. The van der Waals surface area contributed by atoms with Gasteiger partial charge in [-0.15, -0.1) is 0 Å². The molecule has 0 bridgehead atoms. The van der Waals surface area contributed by atoms with Crippen LogP contribution in [0.15, 0.2) is 24.3 Å². The molecule has 2 rings (SSSR count). The Morgan fingerprint density at radius 2 is 1.81 bits per heavy atom. The van der Waals surface area contributed by atoms with Crippen LogP contribution in [0.4, 0.5) is 0 Å². The molecule has 0 spiro atoms. The standard InChI is InChI=1S/C18H28N2O/c1-12-10-11-16(15-9-7-6-8-14(12)15)19-13(2)17(21)20-18(3,4)5/h6-9,12-13,16,19H,10-11H2,1-5H3,(H,20,21). The molecule has 0 fully saturated rings. The van der Waals surface area contributed by atoms with Crippen LogP contribution in [0.2, 0.25) is 0 Å². The van der Waals surface area contributed by atoms with Crippen LogP contribution in [0.3, 0.4) is 0 Å². The van der Waals surface area contributed by atoms with Gasteiger partial charge in [0.05, 0.1) is 6.04 Å². The van der Waals surface area contributed by atoms with Gasteiger partial charge < -0.3 is 5.32 Å². The van der Waals surface area contributed by atoms with Gasteiger partial charge in [0.25, 0.3) is 0 Å². The number of rotatable bonds is 3. The second-order valence-electron chi connectivity index (χ2n) is 7.29. The second-order valence-corrected chi connectivity index (χ2v) is 7.29. The average Bonchev–Trinajstić information content (AvgIpc) is 2.40. The van der Waals surface area contributed by atoms with E-state index < -0.39 is 0 Å². The molecule has 3 atom stereocenters. The Hall–Kier alpha value is -1.35. The van der Waals surface area contributed by atoms with Gasteiger partial charge in [0.15, 0.2) is 0 Å². The molecule has 1 aromatic carbocycles. The first-order valence-electron chi connectivity index (χ1n) is 7.95. The molecule has 3 nitrogen and oxygen atoms in total. The number of hydrogen-bond acceptors (Lipinski definition) is 2. The highest BCUT2D eigenvalue weighted by Gasteiger charge is 2.27. The average molecular weight is 288 g/mol. The summed E-state index contributed by atoms with van der Waals surface area (Å²) in [6.07, 6.45) is 2.26. The smallest absolute Gasteiger partial charge is 0.237 e. The highest BCUT2D eigenvalue weighted by Crippen LogP contribution is 2.37. The van der Waals surface area contributed by atoms with Crippen LogP contribution >= 0.6 is 0 Å². The Morgan fingerprint density at radius 3 is 2.43 bits per heavy atom. The molecule has 1 aliphatic carbocycles. The molecule has 21 heavy (non-hydrogen) atoms. The quantitative estimate of drug-likeness (QED) is 0.893. The minimum atomic E-state index is -0.188. The minimum absolute atomic E-state index is 0.0682. The number of fused-ring (bicyclic) bond motifs is 1. The van der Waals surface area contributed by atoms with Crippen LogP contribution in [0.25, 0.3) is 0 Å². The molecular weight excluding hydrogens is 260 g/mol. The van der Waals surface area contributed by atoms with E-state index in [-0.39, 0.29) is 23.5 Å². The molecule has 2 N–H and O–H groups in total. The summed E-state index contributed by atoms with van der Waals surface area (Å²) in [6, 6.07) is 8.69. The zero-order chi connectivity index (χ0) is 15.6. The van der Waals surface area contributed by atoms with E-state index in [1.165, 1.54) is 17.5 Å². The van der Waals surface area contributed by atoms with E-state index in [2.05, 4.69) is 41.8 Å². The third kappa shape index (κ3) is 4.07. The Labute approximate surface area is 128 Å². The molecular formula is C18H28N2O. The molecule has 0 aromatic heterocycles. The van der Waals surface area contributed by atoms with Gasteiger partial charge in [-0.05, 0) is 57.6 Å². The van der Waals surface area contributed by atoms with Crippen molar-refractivity contribution in [3.8, 4) is 0 Å². The molecule has 0 saturated carbocycles. The van der Waals surface area contributed by atoms with E-state index in [4.69, 9.17) is 0 Å². The van der Waals surface area contributed by atoms with Crippen molar-refractivity contribution in [3.05, 3.63) is 35.4 Å². The maximum atomic E-state index is 12.2. The minimum Gasteiger partial charge on any atom is -0.350 e. The van der Waals surface area contributed by atoms with Crippen molar-refractivity contribution in [1.29, 1.82) is 0 Å². The van der Waals surface area contributed by atoms with Crippen molar-refractivity contribution in [3.63, 3.8) is 0 Å². The van der Waals surface area contributed by atoms with Crippen LogP contribution in [0.5, 0.6) is 0 Å². The third-order valence-corrected chi connectivity index (χ3v) is 4.13. The monoisotopic (exact) mass is 288 g/mol. The van der Waals surface area contributed by atoms with Crippen molar-refractivity contribution in [1.82, 2.24) is 10.6 Å². The molecule has 3 unspecified atom stereocenters. The maximum Gasteiger partial charge on any atom is 0.237 e. The normalized spacial score (nSPS) is 23.3. The largest absolute Gasteiger partial charge is 0.350 e. The van der Waals surface area contributed by atoms with E-state index >= 15 is 0 Å². The van der Waals surface area contributed by atoms with Crippen LogP contribution in [-0.2, 0) is 4.79 Å². The van der Waals surface area contributed by atoms with Gasteiger partial charge in [-0.3, -0.25) is 10.1 Å². The first-order chi connectivity index (χ1) is 9.78. The van der Waals surface area contributed by atoms with Gasteiger partial charge in [0, 0.05) is 11.6 Å². The number of nitrogens with one attached hydrogen (secondary N) is 2. The van der Waals surface area contributed by atoms with E-state index in [1.807, 2.05) is 27.7 Å². The lowest BCUT2D eigenvalue weighted by Crippen LogP contribution is -2.50. The van der Waals surface area contributed by atoms with E-state index in [0.29, 0.717) is 5.92 Å². The Kier molecular flexibility index (Phi) is 4.72. The first-order valence-corrected chi connectivity index (χ1v) is 7.95. The zero-order valence-corrected chi connectivity index (χ0v) is 13.9. The summed E-state index contributed by atoms with van der Waals surface area (Å²) in [6.45, 7) is 10.3. The SMILES string of the molecule is CC(NC1CCC(C)c2ccccc21)C(=O)NC(C)(C)C. The lowest BCUT2D eigenvalue weighted by Gasteiger charge is -2.33. The van der Waals surface area contributed by atoms with Crippen molar-refractivity contribution in [2.75, 3.05) is 0 Å². The van der Waals surface area contributed by atoms with Gasteiger partial charge in [-0.1, -0.05) is 31.2 Å². The van der Waals surface area contributed by atoms with E-state index in [0.717, 1.165) is 6.42 Å². The summed E-state index contributed by atoms with van der Waals surface area (Å²) in [5.74, 6) is 0.677. The number of carbonyl (C=O) groups is 1. The molecule has 0 saturated heterocycles. The van der Waals surface area contributed by atoms with Gasteiger partial charge in [0.1, 0.15) is 0 Å². The molecule has 0 aliphatic heterocycles. The lowest BCUT2D eigenvalue weighted by molar-refractivity contribution is -0.124. The Bertz CT molecular complexity index is 504. The van der Waals surface area contributed by atoms with Crippen LogP contribution in [-0.4, -0.2) is 17.5 Å². The number of hydrogen-bond donors (Lipinski definition) is 2. The third-order valence-electron chi connectivity index (χ3n) is 4.13. The van der Waals surface area contributed by atoms with Crippen molar-refractivity contribution in [2.24, 2.45) is 0 Å². The molecule has 3 heteroatoms. The molecule has 1 amide bonds. The zero-order valence-electron chi connectivity index (χ0n) is 13.9. The van der Waals surface area contributed by atoms with Crippen molar-refractivity contribution >= 4 is 5.91 Å². The predicted octanol–water partition coefficient (Wildman–Crippen LogP) is 3.52. The fourth-order valence-corrected chi connectivity index (χ4v) is 3.03. The summed E-state index contributed by atoms with van der Waals surface area (Å²) in [5, 5.41) is 6.55. The fourth-order valence-electron chi connectivity index (χ4n) is 3.03. The Balaban J connectivity index is 2.07. The summed E-state index contributed by atoms with van der Waals surface area (Å²) < 4.78 is 0. The number of amides is 1. The van der Waals surface area contributed by atoms with Gasteiger partial charge >= 0.3 is 0 Å². The summed E-state index contributed by atoms with van der Waals surface area (Å²) >= 11 is 0. The van der Waals surface area contributed by atoms with Crippen molar-refractivity contribution in [2.45, 2.75) is 71.0 Å². The topological polar surface area (TPSA) is 41.1 Å². The molecule has 0 heterocycles. The van der Waals surface area contributed by atoms with Crippen LogP contribution < -0.4 is 10.6 Å².